The van der Waals surface area contributed by atoms with Crippen molar-refractivity contribution in [2.75, 3.05) is 26.8 Å². The Morgan fingerprint density at radius 2 is 2.16 bits per heavy atom. The predicted molar refractivity (Wildman–Crippen MR) is 68.6 cm³/mol. The third-order valence-corrected chi connectivity index (χ3v) is 3.49. The minimum absolute atomic E-state index is 0.159. The maximum absolute atomic E-state index is 12.9. The van der Waals surface area contributed by atoms with E-state index in [-0.39, 0.29) is 17.2 Å². The zero-order valence-corrected chi connectivity index (χ0v) is 10.9. The summed E-state index contributed by atoms with van der Waals surface area (Å²) in [6, 6.07) is 3.48. The van der Waals surface area contributed by atoms with Gasteiger partial charge >= 0.3 is 0 Å². The van der Waals surface area contributed by atoms with Gasteiger partial charge in [0.25, 0.3) is 5.91 Å². The van der Waals surface area contributed by atoms with Crippen LogP contribution in [0.2, 0.25) is 0 Å². The van der Waals surface area contributed by atoms with Crippen LogP contribution in [0.15, 0.2) is 18.2 Å². The van der Waals surface area contributed by atoms with Gasteiger partial charge in [-0.3, -0.25) is 4.79 Å². The lowest BCUT2D eigenvalue weighted by Crippen LogP contribution is -2.39. The van der Waals surface area contributed by atoms with E-state index in [0.29, 0.717) is 25.6 Å². The number of carbonyl (C=O) groups is 1. The normalized spacial score (nSPS) is 16.6. The molecule has 1 aliphatic rings. The molecule has 1 heterocycles. The van der Waals surface area contributed by atoms with Crippen LogP contribution in [0.4, 0.5) is 4.39 Å². The Hall–Kier alpha value is -1.62. The summed E-state index contributed by atoms with van der Waals surface area (Å²) in [5, 5.41) is 9.62. The van der Waals surface area contributed by atoms with E-state index in [4.69, 9.17) is 4.74 Å². The van der Waals surface area contributed by atoms with E-state index in [1.165, 1.54) is 12.1 Å². The van der Waals surface area contributed by atoms with Gasteiger partial charge in [-0.05, 0) is 30.9 Å². The van der Waals surface area contributed by atoms with Gasteiger partial charge in [0, 0.05) is 32.9 Å². The number of likely N-dealkylation sites (tertiary alicyclic amines) is 1. The highest BCUT2D eigenvalue weighted by atomic mass is 19.1. The average Bonchev–Trinajstić information content (AvgIpc) is 2.39. The summed E-state index contributed by atoms with van der Waals surface area (Å²) in [6.45, 7) is 2.00. The van der Waals surface area contributed by atoms with Crippen LogP contribution in [0.25, 0.3) is 0 Å². The number of piperidine rings is 1. The van der Waals surface area contributed by atoms with Crippen molar-refractivity contribution < 1.29 is 19.0 Å². The second-order valence-electron chi connectivity index (χ2n) is 4.85. The van der Waals surface area contributed by atoms with Gasteiger partial charge in [0.05, 0.1) is 5.56 Å². The average molecular weight is 267 g/mol. The minimum atomic E-state index is -0.548. The summed E-state index contributed by atoms with van der Waals surface area (Å²) in [5.41, 5.74) is 0.159. The maximum atomic E-state index is 12.9. The van der Waals surface area contributed by atoms with Gasteiger partial charge in [0.2, 0.25) is 0 Å². The molecule has 1 fully saturated rings. The number of carbonyl (C=O) groups excluding carboxylic acids is 1. The SMILES string of the molecule is COCC1CCN(C(=O)c2ccc(F)cc2O)CC1. The van der Waals surface area contributed by atoms with Gasteiger partial charge in [-0.2, -0.15) is 0 Å². The first-order valence-corrected chi connectivity index (χ1v) is 6.38. The lowest BCUT2D eigenvalue weighted by Gasteiger charge is -2.31. The number of amides is 1. The van der Waals surface area contributed by atoms with Crippen LogP contribution in [0.3, 0.4) is 0 Å². The van der Waals surface area contributed by atoms with Gasteiger partial charge in [0.1, 0.15) is 11.6 Å². The molecular weight excluding hydrogens is 249 g/mol. The Labute approximate surface area is 111 Å². The third kappa shape index (κ3) is 3.23. The zero-order valence-electron chi connectivity index (χ0n) is 10.9. The summed E-state index contributed by atoms with van der Waals surface area (Å²) in [6.07, 6.45) is 1.78. The lowest BCUT2D eigenvalue weighted by molar-refractivity contribution is 0.0611. The van der Waals surface area contributed by atoms with Crippen molar-refractivity contribution in [1.29, 1.82) is 0 Å². The van der Waals surface area contributed by atoms with E-state index in [1.54, 1.807) is 12.0 Å². The van der Waals surface area contributed by atoms with Crippen molar-refractivity contribution in [3.63, 3.8) is 0 Å². The molecule has 1 aromatic rings. The molecule has 19 heavy (non-hydrogen) atoms. The number of hydrogen-bond donors (Lipinski definition) is 1. The molecule has 1 saturated heterocycles. The van der Waals surface area contributed by atoms with Crippen LogP contribution >= 0.6 is 0 Å². The Morgan fingerprint density at radius 3 is 2.74 bits per heavy atom. The molecule has 1 amide bonds. The highest BCUT2D eigenvalue weighted by Crippen LogP contribution is 2.23. The van der Waals surface area contributed by atoms with Crippen LogP contribution < -0.4 is 0 Å². The number of nitrogens with zero attached hydrogens (tertiary/aromatic N) is 1. The van der Waals surface area contributed by atoms with Gasteiger partial charge in [-0.1, -0.05) is 0 Å². The molecule has 4 nitrogen and oxygen atoms in total. The minimum Gasteiger partial charge on any atom is -0.507 e. The highest BCUT2D eigenvalue weighted by Gasteiger charge is 2.25. The van der Waals surface area contributed by atoms with Crippen molar-refractivity contribution in [3.8, 4) is 5.75 Å². The molecular formula is C14H18FNO3. The van der Waals surface area contributed by atoms with Crippen molar-refractivity contribution in [2.45, 2.75) is 12.8 Å². The highest BCUT2D eigenvalue weighted by molar-refractivity contribution is 5.96. The fourth-order valence-corrected chi connectivity index (χ4v) is 2.39. The van der Waals surface area contributed by atoms with E-state index in [2.05, 4.69) is 0 Å². The summed E-state index contributed by atoms with van der Waals surface area (Å²) in [7, 11) is 1.67. The number of methoxy groups -OCH3 is 1. The van der Waals surface area contributed by atoms with Crippen LogP contribution in [0, 0.1) is 11.7 Å². The molecule has 1 aliphatic heterocycles. The molecule has 0 saturated carbocycles. The summed E-state index contributed by atoms with van der Waals surface area (Å²) >= 11 is 0. The second-order valence-corrected chi connectivity index (χ2v) is 4.85. The number of ether oxygens (including phenoxy) is 1. The summed E-state index contributed by atoms with van der Waals surface area (Å²) in [4.78, 5) is 13.9. The van der Waals surface area contributed by atoms with Crippen molar-refractivity contribution >= 4 is 5.91 Å². The number of hydrogen-bond acceptors (Lipinski definition) is 3. The first-order chi connectivity index (χ1) is 9.11. The molecule has 0 aliphatic carbocycles. The molecule has 0 aromatic heterocycles. The first-order valence-electron chi connectivity index (χ1n) is 6.38. The molecule has 5 heteroatoms. The smallest absolute Gasteiger partial charge is 0.257 e. The Kier molecular flexibility index (Phi) is 4.37. The Morgan fingerprint density at radius 1 is 1.47 bits per heavy atom. The number of benzene rings is 1. The van der Waals surface area contributed by atoms with Gasteiger partial charge in [-0.25, -0.2) is 4.39 Å². The van der Waals surface area contributed by atoms with Crippen LogP contribution in [0.1, 0.15) is 23.2 Å². The summed E-state index contributed by atoms with van der Waals surface area (Å²) < 4.78 is 18.0. The molecule has 2 rings (SSSR count). The molecule has 104 valence electrons. The first kappa shape index (κ1) is 13.8. The monoisotopic (exact) mass is 267 g/mol. The largest absolute Gasteiger partial charge is 0.507 e. The van der Waals surface area contributed by atoms with E-state index < -0.39 is 5.82 Å². The lowest BCUT2D eigenvalue weighted by atomic mass is 9.97. The summed E-state index contributed by atoms with van der Waals surface area (Å²) in [5.74, 6) is -0.610. The standard InChI is InChI=1S/C14H18FNO3/c1-19-9-10-4-6-16(7-5-10)14(18)12-3-2-11(15)8-13(12)17/h2-3,8,10,17H,4-7,9H2,1H3. The van der Waals surface area contributed by atoms with Crippen molar-refractivity contribution in [1.82, 2.24) is 4.90 Å². The van der Waals surface area contributed by atoms with E-state index in [9.17, 15) is 14.3 Å². The molecule has 0 radical (unpaired) electrons. The van der Waals surface area contributed by atoms with Gasteiger partial charge < -0.3 is 14.7 Å². The fourth-order valence-electron chi connectivity index (χ4n) is 2.39. The molecule has 0 unspecified atom stereocenters. The Balaban J connectivity index is 2.01. The number of rotatable bonds is 3. The number of phenolic OH excluding ortho intramolecular Hbond substituents is 1. The number of halogens is 1. The maximum Gasteiger partial charge on any atom is 0.257 e. The van der Waals surface area contributed by atoms with Crippen LogP contribution in [-0.4, -0.2) is 42.7 Å². The molecule has 1 N–H and O–H groups in total. The van der Waals surface area contributed by atoms with Gasteiger partial charge in [-0.15, -0.1) is 0 Å². The molecule has 0 bridgehead atoms. The quantitative estimate of drug-likeness (QED) is 0.911. The second kappa shape index (κ2) is 6.02. The number of aromatic hydroxyl groups is 1. The van der Waals surface area contributed by atoms with Crippen LogP contribution in [-0.2, 0) is 4.74 Å². The zero-order chi connectivity index (χ0) is 13.8. The Bertz CT molecular complexity index is 456. The van der Waals surface area contributed by atoms with E-state index in [0.717, 1.165) is 18.9 Å². The molecule has 1 aromatic carbocycles. The predicted octanol–water partition coefficient (Wildman–Crippen LogP) is 2.03. The topological polar surface area (TPSA) is 49.8 Å². The van der Waals surface area contributed by atoms with Crippen molar-refractivity contribution in [3.05, 3.63) is 29.6 Å². The molecule has 0 atom stereocenters. The van der Waals surface area contributed by atoms with E-state index in [1.807, 2.05) is 0 Å². The van der Waals surface area contributed by atoms with Gasteiger partial charge in [0.15, 0.2) is 0 Å². The number of phenols is 1. The van der Waals surface area contributed by atoms with Crippen molar-refractivity contribution in [2.24, 2.45) is 5.92 Å². The third-order valence-electron chi connectivity index (χ3n) is 3.49. The van der Waals surface area contributed by atoms with Crippen LogP contribution in [0.5, 0.6) is 5.75 Å². The molecule has 0 spiro atoms. The van der Waals surface area contributed by atoms with E-state index >= 15 is 0 Å². The fraction of sp³-hybridized carbons (Fsp3) is 0.500.